The Bertz CT molecular complexity index is 504. The van der Waals surface area contributed by atoms with Crippen LogP contribution in [-0.2, 0) is 16.6 Å². The Labute approximate surface area is 120 Å². The van der Waals surface area contributed by atoms with E-state index in [0.717, 1.165) is 5.56 Å². The average molecular weight is 304 g/mol. The van der Waals surface area contributed by atoms with Gasteiger partial charge < -0.3 is 5.32 Å². The number of nitrogens with one attached hydrogen (secondary N) is 2. The van der Waals surface area contributed by atoms with Crippen molar-refractivity contribution in [3.05, 3.63) is 17.0 Å². The molecule has 0 amide bonds. The largest absolute Gasteiger partial charge is 0.316 e. The van der Waals surface area contributed by atoms with E-state index < -0.39 is 10.0 Å². The molecule has 0 atom stereocenters. The highest BCUT2D eigenvalue weighted by molar-refractivity contribution is 7.91. The van der Waals surface area contributed by atoms with Gasteiger partial charge in [0.05, 0.1) is 0 Å². The summed E-state index contributed by atoms with van der Waals surface area (Å²) in [7, 11) is -1.54. The lowest BCUT2D eigenvalue weighted by molar-refractivity contribution is 0.252. The molecule has 0 saturated heterocycles. The SMILES string of the molecule is CNCc1csc(S(=O)(=O)NCC(C)(C)C(C)C)c1. The van der Waals surface area contributed by atoms with Gasteiger partial charge in [-0.25, -0.2) is 13.1 Å². The molecule has 0 aliphatic rings. The fourth-order valence-electron chi connectivity index (χ4n) is 1.35. The molecule has 2 N–H and O–H groups in total. The Hall–Kier alpha value is -0.430. The second kappa shape index (κ2) is 6.35. The molecule has 0 aliphatic carbocycles. The third kappa shape index (κ3) is 4.56. The molecule has 19 heavy (non-hydrogen) atoms. The van der Waals surface area contributed by atoms with Crippen molar-refractivity contribution in [1.82, 2.24) is 10.0 Å². The maximum Gasteiger partial charge on any atom is 0.250 e. The van der Waals surface area contributed by atoms with Crippen molar-refractivity contribution in [2.24, 2.45) is 11.3 Å². The van der Waals surface area contributed by atoms with Crippen LogP contribution in [0.3, 0.4) is 0 Å². The molecule has 1 heterocycles. The van der Waals surface area contributed by atoms with Crippen molar-refractivity contribution < 1.29 is 8.42 Å². The van der Waals surface area contributed by atoms with E-state index in [0.29, 0.717) is 23.2 Å². The predicted octanol–water partition coefficient (Wildman–Crippen LogP) is 2.43. The van der Waals surface area contributed by atoms with Gasteiger partial charge in [0.25, 0.3) is 0 Å². The smallest absolute Gasteiger partial charge is 0.250 e. The second-order valence-electron chi connectivity index (χ2n) is 5.77. The highest BCUT2D eigenvalue weighted by Gasteiger charge is 2.26. The Kier molecular flexibility index (Phi) is 5.55. The summed E-state index contributed by atoms with van der Waals surface area (Å²) >= 11 is 1.26. The van der Waals surface area contributed by atoms with Crippen LogP contribution in [0.25, 0.3) is 0 Å². The van der Waals surface area contributed by atoms with Gasteiger partial charge in [0, 0.05) is 13.1 Å². The fraction of sp³-hybridized carbons (Fsp3) is 0.692. The first-order valence-electron chi connectivity index (χ1n) is 6.41. The molecular formula is C13H24N2O2S2. The maximum absolute atomic E-state index is 12.2. The molecule has 110 valence electrons. The molecule has 0 bridgehead atoms. The monoisotopic (exact) mass is 304 g/mol. The maximum atomic E-state index is 12.2. The quantitative estimate of drug-likeness (QED) is 0.813. The van der Waals surface area contributed by atoms with Gasteiger partial charge in [0.1, 0.15) is 4.21 Å². The highest BCUT2D eigenvalue weighted by Crippen LogP contribution is 2.26. The highest BCUT2D eigenvalue weighted by atomic mass is 32.2. The molecule has 0 radical (unpaired) electrons. The van der Waals surface area contributed by atoms with Crippen molar-refractivity contribution in [2.45, 2.75) is 38.4 Å². The fourth-order valence-corrected chi connectivity index (χ4v) is 3.82. The van der Waals surface area contributed by atoms with Gasteiger partial charge in [-0.05, 0) is 35.4 Å². The third-order valence-corrected chi connectivity index (χ3v) is 6.45. The van der Waals surface area contributed by atoms with Gasteiger partial charge >= 0.3 is 0 Å². The number of rotatable bonds is 7. The molecule has 0 aromatic carbocycles. The summed E-state index contributed by atoms with van der Waals surface area (Å²) in [5.41, 5.74) is 0.939. The number of sulfonamides is 1. The van der Waals surface area contributed by atoms with E-state index in [-0.39, 0.29) is 5.41 Å². The van der Waals surface area contributed by atoms with Crippen LogP contribution in [0.1, 0.15) is 33.3 Å². The zero-order valence-electron chi connectivity index (χ0n) is 12.3. The van der Waals surface area contributed by atoms with Crippen LogP contribution < -0.4 is 10.0 Å². The molecule has 1 aromatic heterocycles. The Morgan fingerprint density at radius 3 is 2.53 bits per heavy atom. The van der Waals surface area contributed by atoms with Crippen molar-refractivity contribution >= 4 is 21.4 Å². The summed E-state index contributed by atoms with van der Waals surface area (Å²) in [6.45, 7) is 9.48. The summed E-state index contributed by atoms with van der Waals surface area (Å²) in [5.74, 6) is 0.415. The topological polar surface area (TPSA) is 58.2 Å². The summed E-state index contributed by atoms with van der Waals surface area (Å²) in [6.07, 6.45) is 0. The minimum atomic E-state index is -3.38. The van der Waals surface area contributed by atoms with Crippen molar-refractivity contribution in [2.75, 3.05) is 13.6 Å². The molecule has 0 unspecified atom stereocenters. The summed E-state index contributed by atoms with van der Waals surface area (Å²) in [6, 6.07) is 1.73. The standard InChI is InChI=1S/C13H24N2O2S2/c1-10(2)13(3,4)9-15-19(16,17)12-6-11(7-14-5)8-18-12/h6,8,10,14-15H,7,9H2,1-5H3. The second-order valence-corrected chi connectivity index (χ2v) is 8.68. The Balaban J connectivity index is 2.75. The van der Waals surface area contributed by atoms with Gasteiger partial charge in [-0.15, -0.1) is 11.3 Å². The van der Waals surface area contributed by atoms with Crippen LogP contribution in [0.4, 0.5) is 0 Å². The summed E-state index contributed by atoms with van der Waals surface area (Å²) in [5, 5.41) is 4.89. The van der Waals surface area contributed by atoms with E-state index in [2.05, 4.69) is 37.7 Å². The number of hydrogen-bond donors (Lipinski definition) is 2. The number of thiophene rings is 1. The van der Waals surface area contributed by atoms with Crippen LogP contribution >= 0.6 is 11.3 Å². The lowest BCUT2D eigenvalue weighted by Gasteiger charge is -2.29. The van der Waals surface area contributed by atoms with Crippen LogP contribution in [-0.4, -0.2) is 22.0 Å². The lowest BCUT2D eigenvalue weighted by atomic mass is 9.81. The van der Waals surface area contributed by atoms with Gasteiger partial charge in [0.2, 0.25) is 10.0 Å². The van der Waals surface area contributed by atoms with E-state index in [1.54, 1.807) is 6.07 Å². The van der Waals surface area contributed by atoms with Gasteiger partial charge in [0.15, 0.2) is 0 Å². The van der Waals surface area contributed by atoms with Crippen LogP contribution in [0, 0.1) is 11.3 Å². The minimum absolute atomic E-state index is 0.0574. The van der Waals surface area contributed by atoms with Crippen molar-refractivity contribution in [3.63, 3.8) is 0 Å². The molecule has 0 spiro atoms. The van der Waals surface area contributed by atoms with Gasteiger partial charge in [-0.3, -0.25) is 0 Å². The summed E-state index contributed by atoms with van der Waals surface area (Å²) < 4.78 is 27.5. The van der Waals surface area contributed by atoms with E-state index >= 15 is 0 Å². The zero-order chi connectivity index (χ0) is 14.7. The van der Waals surface area contributed by atoms with Crippen molar-refractivity contribution in [3.8, 4) is 0 Å². The zero-order valence-corrected chi connectivity index (χ0v) is 13.9. The predicted molar refractivity (Wildman–Crippen MR) is 80.9 cm³/mol. The Morgan fingerprint density at radius 2 is 2.00 bits per heavy atom. The van der Waals surface area contributed by atoms with Gasteiger partial charge in [-0.1, -0.05) is 27.7 Å². The average Bonchev–Trinajstić information content (AvgIpc) is 2.76. The molecule has 6 heteroatoms. The first-order chi connectivity index (χ1) is 8.69. The van der Waals surface area contributed by atoms with Gasteiger partial charge in [-0.2, -0.15) is 0 Å². The van der Waals surface area contributed by atoms with Crippen LogP contribution in [0.2, 0.25) is 0 Å². The molecule has 0 saturated carbocycles. The molecule has 0 fully saturated rings. The van der Waals surface area contributed by atoms with Crippen molar-refractivity contribution in [1.29, 1.82) is 0 Å². The third-order valence-electron chi connectivity index (χ3n) is 3.56. The summed E-state index contributed by atoms with van der Waals surface area (Å²) in [4.78, 5) is 0. The molecule has 1 aromatic rings. The Morgan fingerprint density at radius 1 is 1.37 bits per heavy atom. The van der Waals surface area contributed by atoms with E-state index in [9.17, 15) is 8.42 Å². The first kappa shape index (κ1) is 16.6. The van der Waals surface area contributed by atoms with E-state index in [1.807, 2.05) is 12.4 Å². The molecular weight excluding hydrogens is 280 g/mol. The van der Waals surface area contributed by atoms with E-state index in [1.165, 1.54) is 11.3 Å². The number of hydrogen-bond acceptors (Lipinski definition) is 4. The normalized spacial score (nSPS) is 13.2. The van der Waals surface area contributed by atoms with E-state index in [4.69, 9.17) is 0 Å². The van der Waals surface area contributed by atoms with Crippen LogP contribution in [0.5, 0.6) is 0 Å². The minimum Gasteiger partial charge on any atom is -0.316 e. The van der Waals surface area contributed by atoms with Crippen LogP contribution in [0.15, 0.2) is 15.7 Å². The molecule has 1 rings (SSSR count). The lowest BCUT2D eigenvalue weighted by Crippen LogP contribution is -2.36. The molecule has 4 nitrogen and oxygen atoms in total. The first-order valence-corrected chi connectivity index (χ1v) is 8.77. The molecule has 0 aliphatic heterocycles.